The Bertz CT molecular complexity index is 435. The Kier molecular flexibility index (Phi) is 4.07. The minimum atomic E-state index is -0.0753. The molecule has 0 radical (unpaired) electrons. The van der Waals surface area contributed by atoms with E-state index >= 15 is 0 Å². The molecule has 17 heavy (non-hydrogen) atoms. The summed E-state index contributed by atoms with van der Waals surface area (Å²) in [6.45, 7) is 0. The molecule has 1 unspecified atom stereocenters. The van der Waals surface area contributed by atoms with Crippen LogP contribution in [0.2, 0.25) is 5.02 Å². The minimum absolute atomic E-state index is 0.0239. The first kappa shape index (κ1) is 12.9. The Balaban J connectivity index is 1.92. The Labute approximate surface area is 114 Å². The molecule has 1 amide bonds. The average Bonchev–Trinajstić information content (AvgIpc) is 3.05. The van der Waals surface area contributed by atoms with E-state index in [1.54, 1.807) is 12.1 Å². The van der Waals surface area contributed by atoms with E-state index in [1.807, 2.05) is 6.07 Å². The lowest BCUT2D eigenvalue weighted by atomic mass is 10.1. The highest BCUT2D eigenvalue weighted by Gasteiger charge is 2.29. The first-order chi connectivity index (χ1) is 8.06. The van der Waals surface area contributed by atoms with E-state index in [2.05, 4.69) is 21.2 Å². The molecule has 5 heteroatoms. The topological polar surface area (TPSA) is 55.1 Å². The molecular weight excluding hydrogens is 304 g/mol. The first-order valence-corrected chi connectivity index (χ1v) is 6.74. The van der Waals surface area contributed by atoms with Crippen LogP contribution in [0, 0.1) is 5.92 Å². The van der Waals surface area contributed by atoms with E-state index in [1.165, 1.54) is 0 Å². The summed E-state index contributed by atoms with van der Waals surface area (Å²) >= 11 is 9.32. The fraction of sp³-hybridized carbons (Fsp3) is 0.417. The molecule has 0 aliphatic heterocycles. The van der Waals surface area contributed by atoms with Crippen LogP contribution in [-0.2, 0) is 4.79 Å². The van der Waals surface area contributed by atoms with Gasteiger partial charge in [0.2, 0.25) is 5.91 Å². The number of hydrogen-bond donors (Lipinski definition) is 2. The molecular formula is C12H14BrClN2O. The van der Waals surface area contributed by atoms with Gasteiger partial charge in [0.25, 0.3) is 0 Å². The van der Waals surface area contributed by atoms with Crippen molar-refractivity contribution in [2.75, 3.05) is 5.32 Å². The van der Waals surface area contributed by atoms with Crippen LogP contribution < -0.4 is 11.1 Å². The van der Waals surface area contributed by atoms with Crippen molar-refractivity contribution in [2.24, 2.45) is 11.7 Å². The number of halogens is 2. The van der Waals surface area contributed by atoms with Crippen LogP contribution in [0.15, 0.2) is 22.7 Å². The zero-order valence-corrected chi connectivity index (χ0v) is 11.6. The Hall–Kier alpha value is -0.580. The average molecular weight is 318 g/mol. The van der Waals surface area contributed by atoms with Gasteiger partial charge in [-0.25, -0.2) is 0 Å². The molecule has 3 nitrogen and oxygen atoms in total. The summed E-state index contributed by atoms with van der Waals surface area (Å²) in [6, 6.07) is 5.33. The number of nitrogens with two attached hydrogens (primary N) is 1. The predicted octanol–water partition coefficient (Wildman–Crippen LogP) is 3.17. The van der Waals surface area contributed by atoms with Crippen molar-refractivity contribution in [1.29, 1.82) is 0 Å². The van der Waals surface area contributed by atoms with Crippen molar-refractivity contribution in [3.8, 4) is 0 Å². The molecule has 0 spiro atoms. The van der Waals surface area contributed by atoms with Crippen LogP contribution in [0.4, 0.5) is 5.69 Å². The van der Waals surface area contributed by atoms with Crippen LogP contribution >= 0.6 is 27.5 Å². The highest BCUT2D eigenvalue weighted by molar-refractivity contribution is 9.10. The monoisotopic (exact) mass is 316 g/mol. The molecule has 0 bridgehead atoms. The molecule has 1 saturated carbocycles. The summed E-state index contributed by atoms with van der Waals surface area (Å²) in [5.41, 5.74) is 6.52. The van der Waals surface area contributed by atoms with Gasteiger partial charge in [0, 0.05) is 16.9 Å². The van der Waals surface area contributed by atoms with Crippen molar-refractivity contribution in [3.05, 3.63) is 27.7 Å². The van der Waals surface area contributed by atoms with Gasteiger partial charge in [-0.1, -0.05) is 27.5 Å². The molecule has 1 atom stereocenters. The van der Waals surface area contributed by atoms with Gasteiger partial charge in [-0.3, -0.25) is 4.79 Å². The lowest BCUT2D eigenvalue weighted by Gasteiger charge is -2.11. The van der Waals surface area contributed by atoms with Gasteiger partial charge in [0.05, 0.1) is 10.7 Å². The van der Waals surface area contributed by atoms with Gasteiger partial charge < -0.3 is 11.1 Å². The third-order valence-corrected chi connectivity index (χ3v) is 3.66. The highest BCUT2D eigenvalue weighted by atomic mass is 79.9. The summed E-state index contributed by atoms with van der Waals surface area (Å²) in [6.07, 6.45) is 2.65. The molecule has 1 aliphatic carbocycles. The highest BCUT2D eigenvalue weighted by Crippen LogP contribution is 2.33. The summed E-state index contributed by atoms with van der Waals surface area (Å²) in [5, 5.41) is 3.30. The number of carbonyl (C=O) groups excluding carboxylic acids is 1. The summed E-state index contributed by atoms with van der Waals surface area (Å²) in [5.74, 6) is 0.453. The lowest BCUT2D eigenvalue weighted by Crippen LogP contribution is -2.28. The standard InChI is InChI=1S/C12H14BrClN2O/c13-8-3-4-11(9(14)5-8)16-12(17)6-10(15)7-1-2-7/h3-5,7,10H,1-2,6,15H2,(H,16,17). The van der Waals surface area contributed by atoms with Crippen LogP contribution in [-0.4, -0.2) is 11.9 Å². The third-order valence-electron chi connectivity index (χ3n) is 2.85. The van der Waals surface area contributed by atoms with Gasteiger partial charge in [-0.2, -0.15) is 0 Å². The number of carbonyl (C=O) groups is 1. The number of hydrogen-bond acceptors (Lipinski definition) is 2. The van der Waals surface area contributed by atoms with Gasteiger partial charge in [0.1, 0.15) is 0 Å². The van der Waals surface area contributed by atoms with E-state index < -0.39 is 0 Å². The van der Waals surface area contributed by atoms with Crippen LogP contribution in [0.1, 0.15) is 19.3 Å². The quantitative estimate of drug-likeness (QED) is 0.896. The molecule has 92 valence electrons. The van der Waals surface area contributed by atoms with E-state index in [4.69, 9.17) is 17.3 Å². The maximum atomic E-state index is 11.7. The van der Waals surface area contributed by atoms with Crippen molar-refractivity contribution < 1.29 is 4.79 Å². The van der Waals surface area contributed by atoms with E-state index in [9.17, 15) is 4.79 Å². The predicted molar refractivity (Wildman–Crippen MR) is 73.1 cm³/mol. The second kappa shape index (κ2) is 5.38. The van der Waals surface area contributed by atoms with Crippen molar-refractivity contribution in [3.63, 3.8) is 0 Å². The molecule has 0 aromatic heterocycles. The minimum Gasteiger partial charge on any atom is -0.327 e. The smallest absolute Gasteiger partial charge is 0.225 e. The molecule has 1 fully saturated rings. The molecule has 0 saturated heterocycles. The Morgan fingerprint density at radius 2 is 2.29 bits per heavy atom. The van der Waals surface area contributed by atoms with Gasteiger partial charge in [0.15, 0.2) is 0 Å². The number of amides is 1. The fourth-order valence-electron chi connectivity index (χ4n) is 1.70. The maximum Gasteiger partial charge on any atom is 0.225 e. The van der Waals surface area contributed by atoms with Crippen LogP contribution in [0.25, 0.3) is 0 Å². The molecule has 3 N–H and O–H groups in total. The molecule has 2 rings (SSSR count). The number of rotatable bonds is 4. The molecule has 1 aliphatic rings. The summed E-state index contributed by atoms with van der Waals surface area (Å²) < 4.78 is 0.884. The van der Waals surface area contributed by atoms with Crippen LogP contribution in [0.3, 0.4) is 0 Å². The fourth-order valence-corrected chi connectivity index (χ4v) is 2.42. The van der Waals surface area contributed by atoms with E-state index in [-0.39, 0.29) is 11.9 Å². The zero-order valence-electron chi connectivity index (χ0n) is 9.25. The largest absolute Gasteiger partial charge is 0.327 e. The van der Waals surface area contributed by atoms with Gasteiger partial charge in [-0.05, 0) is 37.0 Å². The van der Waals surface area contributed by atoms with E-state index in [0.29, 0.717) is 23.0 Å². The Morgan fingerprint density at radius 3 is 2.88 bits per heavy atom. The Morgan fingerprint density at radius 1 is 1.59 bits per heavy atom. The third kappa shape index (κ3) is 3.69. The van der Waals surface area contributed by atoms with E-state index in [0.717, 1.165) is 17.3 Å². The maximum absolute atomic E-state index is 11.7. The van der Waals surface area contributed by atoms with Crippen molar-refractivity contribution in [2.45, 2.75) is 25.3 Å². The second-order valence-electron chi connectivity index (χ2n) is 4.38. The SMILES string of the molecule is NC(CC(=O)Nc1ccc(Br)cc1Cl)C1CC1. The number of nitrogens with one attached hydrogen (secondary N) is 1. The first-order valence-electron chi connectivity index (χ1n) is 5.57. The molecule has 0 heterocycles. The molecule has 1 aromatic carbocycles. The second-order valence-corrected chi connectivity index (χ2v) is 5.70. The van der Waals surface area contributed by atoms with Crippen molar-refractivity contribution >= 4 is 39.1 Å². The van der Waals surface area contributed by atoms with Gasteiger partial charge >= 0.3 is 0 Å². The molecule has 1 aromatic rings. The summed E-state index contributed by atoms with van der Waals surface area (Å²) in [4.78, 5) is 11.7. The van der Waals surface area contributed by atoms with Crippen molar-refractivity contribution in [1.82, 2.24) is 0 Å². The number of benzene rings is 1. The lowest BCUT2D eigenvalue weighted by molar-refractivity contribution is -0.116. The summed E-state index contributed by atoms with van der Waals surface area (Å²) in [7, 11) is 0. The zero-order chi connectivity index (χ0) is 12.4. The van der Waals surface area contributed by atoms with Crippen LogP contribution in [0.5, 0.6) is 0 Å². The van der Waals surface area contributed by atoms with Gasteiger partial charge in [-0.15, -0.1) is 0 Å². The normalized spacial score (nSPS) is 16.6. The number of anilines is 1.